The molecule has 1 aromatic carbocycles. The first-order valence-corrected chi connectivity index (χ1v) is 7.80. The van der Waals surface area contributed by atoms with Gasteiger partial charge in [0.1, 0.15) is 5.01 Å². The highest BCUT2D eigenvalue weighted by atomic mass is 35.5. The Labute approximate surface area is 127 Å². The zero-order valence-corrected chi connectivity index (χ0v) is 12.8. The topological polar surface area (TPSA) is 49.2 Å². The molecule has 0 amide bonds. The first-order chi connectivity index (χ1) is 9.57. The third kappa shape index (κ3) is 2.66. The highest BCUT2D eigenvalue weighted by Gasteiger charge is 2.34. The summed E-state index contributed by atoms with van der Waals surface area (Å²) in [6.45, 7) is 3.52. The van der Waals surface area contributed by atoms with Crippen molar-refractivity contribution in [1.82, 2.24) is 10.2 Å². The van der Waals surface area contributed by atoms with Gasteiger partial charge in [-0.15, -0.1) is 10.2 Å². The van der Waals surface area contributed by atoms with E-state index in [2.05, 4.69) is 15.1 Å². The third-order valence-corrected chi connectivity index (χ3v) is 4.91. The maximum atomic E-state index is 10.8. The Morgan fingerprint density at radius 1 is 1.20 bits per heavy atom. The number of aryl methyl sites for hydroxylation is 1. The summed E-state index contributed by atoms with van der Waals surface area (Å²) in [5.74, 6) is 0. The largest absolute Gasteiger partial charge is 0.385 e. The van der Waals surface area contributed by atoms with E-state index in [0.717, 1.165) is 28.8 Å². The number of piperidine rings is 1. The van der Waals surface area contributed by atoms with E-state index in [1.807, 2.05) is 31.2 Å². The van der Waals surface area contributed by atoms with Gasteiger partial charge in [0.05, 0.1) is 5.60 Å². The van der Waals surface area contributed by atoms with Crippen LogP contribution in [0.3, 0.4) is 0 Å². The van der Waals surface area contributed by atoms with Crippen molar-refractivity contribution in [2.24, 2.45) is 0 Å². The molecule has 1 aromatic heterocycles. The van der Waals surface area contributed by atoms with E-state index in [1.165, 1.54) is 0 Å². The number of rotatable bonds is 2. The number of nitrogens with zero attached hydrogens (tertiary/aromatic N) is 3. The van der Waals surface area contributed by atoms with Crippen LogP contribution in [0.1, 0.15) is 23.4 Å². The fraction of sp³-hybridized carbons (Fsp3) is 0.429. The number of aliphatic hydroxyl groups is 1. The lowest BCUT2D eigenvalue weighted by Crippen LogP contribution is -2.42. The van der Waals surface area contributed by atoms with E-state index in [9.17, 15) is 5.11 Å². The van der Waals surface area contributed by atoms with Gasteiger partial charge in [0.15, 0.2) is 0 Å². The summed E-state index contributed by atoms with van der Waals surface area (Å²) in [6, 6.07) is 7.48. The SMILES string of the molecule is Cc1nnc(N2CCC(O)(c3ccc(Cl)cc3)CC2)s1. The molecule has 4 nitrogen and oxygen atoms in total. The molecule has 1 N–H and O–H groups in total. The predicted octanol–water partition coefficient (Wildman–Crippen LogP) is 2.99. The predicted molar refractivity (Wildman–Crippen MR) is 81.4 cm³/mol. The van der Waals surface area contributed by atoms with Crippen LogP contribution in [0.25, 0.3) is 0 Å². The smallest absolute Gasteiger partial charge is 0.208 e. The van der Waals surface area contributed by atoms with Crippen LogP contribution in [0, 0.1) is 6.92 Å². The van der Waals surface area contributed by atoms with E-state index in [0.29, 0.717) is 17.9 Å². The van der Waals surface area contributed by atoms with Crippen molar-refractivity contribution in [2.45, 2.75) is 25.4 Å². The van der Waals surface area contributed by atoms with Gasteiger partial charge >= 0.3 is 0 Å². The van der Waals surface area contributed by atoms with Gasteiger partial charge in [0.2, 0.25) is 5.13 Å². The van der Waals surface area contributed by atoms with Gasteiger partial charge in [0.25, 0.3) is 0 Å². The van der Waals surface area contributed by atoms with Gasteiger partial charge in [-0.3, -0.25) is 0 Å². The van der Waals surface area contributed by atoms with Crippen molar-refractivity contribution in [3.63, 3.8) is 0 Å². The number of anilines is 1. The van der Waals surface area contributed by atoms with Gasteiger partial charge in [-0.2, -0.15) is 0 Å². The van der Waals surface area contributed by atoms with Gasteiger partial charge in [0, 0.05) is 18.1 Å². The molecule has 106 valence electrons. The monoisotopic (exact) mass is 309 g/mol. The molecule has 0 bridgehead atoms. The molecule has 0 saturated carbocycles. The minimum atomic E-state index is -0.763. The van der Waals surface area contributed by atoms with Crippen LogP contribution < -0.4 is 4.90 Å². The Kier molecular flexibility index (Phi) is 3.67. The molecule has 0 atom stereocenters. The van der Waals surface area contributed by atoms with Crippen LogP contribution in [-0.4, -0.2) is 28.4 Å². The normalized spacial score (nSPS) is 18.2. The molecule has 1 saturated heterocycles. The van der Waals surface area contributed by atoms with Crippen LogP contribution in [0.5, 0.6) is 0 Å². The molecule has 0 spiro atoms. The summed E-state index contributed by atoms with van der Waals surface area (Å²) in [7, 11) is 0. The first kappa shape index (κ1) is 13.8. The molecule has 20 heavy (non-hydrogen) atoms. The lowest BCUT2D eigenvalue weighted by atomic mass is 9.84. The number of hydrogen-bond donors (Lipinski definition) is 1. The Morgan fingerprint density at radius 2 is 1.85 bits per heavy atom. The quantitative estimate of drug-likeness (QED) is 0.926. The number of hydrogen-bond acceptors (Lipinski definition) is 5. The summed E-state index contributed by atoms with van der Waals surface area (Å²) in [6.07, 6.45) is 1.38. The summed E-state index contributed by atoms with van der Waals surface area (Å²) in [5.41, 5.74) is 0.177. The molecular formula is C14H16ClN3OS. The molecule has 0 aliphatic carbocycles. The van der Waals surface area contributed by atoms with Crippen LogP contribution >= 0.6 is 22.9 Å². The van der Waals surface area contributed by atoms with Crippen molar-refractivity contribution < 1.29 is 5.11 Å². The summed E-state index contributed by atoms with van der Waals surface area (Å²) < 4.78 is 0. The molecule has 3 rings (SSSR count). The number of benzene rings is 1. The van der Waals surface area contributed by atoms with Gasteiger partial charge in [-0.1, -0.05) is 35.1 Å². The second-order valence-corrected chi connectivity index (χ2v) is 6.73. The van der Waals surface area contributed by atoms with E-state index in [4.69, 9.17) is 11.6 Å². The Hall–Kier alpha value is -1.17. The Morgan fingerprint density at radius 3 is 2.40 bits per heavy atom. The second-order valence-electron chi connectivity index (χ2n) is 5.13. The van der Waals surface area contributed by atoms with E-state index >= 15 is 0 Å². The van der Waals surface area contributed by atoms with Crippen LogP contribution in [0.2, 0.25) is 5.02 Å². The highest BCUT2D eigenvalue weighted by molar-refractivity contribution is 7.15. The molecule has 1 aliphatic heterocycles. The van der Waals surface area contributed by atoms with Crippen molar-refractivity contribution in [2.75, 3.05) is 18.0 Å². The zero-order valence-electron chi connectivity index (χ0n) is 11.2. The minimum absolute atomic E-state index is 0.688. The van der Waals surface area contributed by atoms with Crippen molar-refractivity contribution in [3.05, 3.63) is 39.9 Å². The Balaban J connectivity index is 1.72. The second kappa shape index (κ2) is 5.31. The van der Waals surface area contributed by atoms with Gasteiger partial charge in [-0.05, 0) is 37.5 Å². The number of aromatic nitrogens is 2. The molecular weight excluding hydrogens is 294 g/mol. The molecule has 2 aromatic rings. The standard InChI is InChI=1S/C14H16ClN3OS/c1-10-16-17-13(20-10)18-8-6-14(19,7-9-18)11-2-4-12(15)5-3-11/h2-5,19H,6-9H2,1H3. The molecule has 1 aliphatic rings. The van der Waals surface area contributed by atoms with Gasteiger partial charge < -0.3 is 10.0 Å². The van der Waals surface area contributed by atoms with E-state index in [1.54, 1.807) is 11.3 Å². The van der Waals surface area contributed by atoms with E-state index in [-0.39, 0.29) is 0 Å². The zero-order chi connectivity index (χ0) is 14.2. The fourth-order valence-electron chi connectivity index (χ4n) is 2.53. The van der Waals surface area contributed by atoms with E-state index < -0.39 is 5.60 Å². The van der Waals surface area contributed by atoms with Crippen LogP contribution in [0.15, 0.2) is 24.3 Å². The molecule has 1 fully saturated rings. The lowest BCUT2D eigenvalue weighted by Gasteiger charge is -2.38. The average Bonchev–Trinajstić information content (AvgIpc) is 2.87. The maximum absolute atomic E-state index is 10.8. The molecule has 0 radical (unpaired) electrons. The summed E-state index contributed by atoms with van der Waals surface area (Å²) in [4.78, 5) is 2.19. The van der Waals surface area contributed by atoms with Crippen molar-refractivity contribution in [1.29, 1.82) is 0 Å². The molecule has 2 heterocycles. The number of halogens is 1. The molecule has 0 unspecified atom stereocenters. The first-order valence-electron chi connectivity index (χ1n) is 6.60. The van der Waals surface area contributed by atoms with Crippen LogP contribution in [0.4, 0.5) is 5.13 Å². The lowest BCUT2D eigenvalue weighted by molar-refractivity contribution is 0.0117. The molecule has 6 heteroatoms. The third-order valence-electron chi connectivity index (χ3n) is 3.76. The van der Waals surface area contributed by atoms with Crippen molar-refractivity contribution in [3.8, 4) is 0 Å². The minimum Gasteiger partial charge on any atom is -0.385 e. The summed E-state index contributed by atoms with van der Waals surface area (Å²) >= 11 is 7.49. The Bertz CT molecular complexity index is 591. The van der Waals surface area contributed by atoms with Crippen molar-refractivity contribution >= 4 is 28.1 Å². The summed E-state index contributed by atoms with van der Waals surface area (Å²) in [5, 5.41) is 21.6. The van der Waals surface area contributed by atoms with Crippen LogP contribution in [-0.2, 0) is 5.60 Å². The van der Waals surface area contributed by atoms with Gasteiger partial charge in [-0.25, -0.2) is 0 Å². The average molecular weight is 310 g/mol. The maximum Gasteiger partial charge on any atom is 0.208 e. The fourth-order valence-corrected chi connectivity index (χ4v) is 3.40. The highest BCUT2D eigenvalue weighted by Crippen LogP contribution is 2.35.